The van der Waals surface area contributed by atoms with E-state index in [0.29, 0.717) is 44.7 Å². The molecule has 0 spiro atoms. The fourth-order valence-electron chi connectivity index (χ4n) is 6.99. The first kappa shape index (κ1) is 34.4. The van der Waals surface area contributed by atoms with Gasteiger partial charge >= 0.3 is 0 Å². The average molecular weight is 670 g/mol. The molecule has 0 radical (unpaired) electrons. The number of unbranched alkanes of at least 4 members (excludes halogenated alkanes) is 1. The van der Waals surface area contributed by atoms with Crippen molar-refractivity contribution < 1.29 is 18.5 Å². The maximum atomic E-state index is 14.5. The van der Waals surface area contributed by atoms with Gasteiger partial charge in [0.1, 0.15) is 12.1 Å². The van der Waals surface area contributed by atoms with Crippen molar-refractivity contribution in [1.29, 1.82) is 0 Å². The molecule has 3 heterocycles. The van der Waals surface area contributed by atoms with E-state index < -0.39 is 15.7 Å². The van der Waals surface area contributed by atoms with Crippen LogP contribution in [0.1, 0.15) is 81.3 Å². The van der Waals surface area contributed by atoms with Crippen LogP contribution in [0.2, 0.25) is 0 Å². The highest BCUT2D eigenvalue weighted by Gasteiger charge is 2.41. The standard InChI is InChI=1S/C35H51N5O4S2/c1-26-32(28-15-8-5-9-16-28)44-35(38-26)39-20-21-40(31(25-39)33(41)36-24-30-18-12-22-45-30)34(42)29(23-27-13-6-4-7-14-27)17-10-11-19-37-46(2,3)43/h5,8-9,12,15-16,18,22,26-27,29,31-32H,2,4,6-7,10-11,13-14,17,19-21,23-25H2,1,3H3,(H,36,41)(H,37,43)/t26-,29-,31-,32-,46?/m0/s1. The number of ether oxygens (including phenoxy) is 1. The number of rotatable bonds is 13. The van der Waals surface area contributed by atoms with Crippen LogP contribution >= 0.6 is 11.3 Å². The third-order valence-corrected chi connectivity index (χ3v) is 11.1. The highest BCUT2D eigenvalue weighted by atomic mass is 32.2. The summed E-state index contributed by atoms with van der Waals surface area (Å²) in [7, 11) is -2.25. The van der Waals surface area contributed by atoms with Crippen molar-refractivity contribution in [3.63, 3.8) is 0 Å². The predicted octanol–water partition coefficient (Wildman–Crippen LogP) is 5.00. The van der Waals surface area contributed by atoms with Crippen LogP contribution in [0.25, 0.3) is 0 Å². The number of nitrogens with zero attached hydrogens (tertiary/aromatic N) is 3. The molecule has 3 aliphatic rings. The summed E-state index contributed by atoms with van der Waals surface area (Å²) < 4.78 is 21.4. The lowest BCUT2D eigenvalue weighted by atomic mass is 9.80. The Morgan fingerprint density at radius 1 is 1.11 bits per heavy atom. The number of hydrogen-bond acceptors (Lipinski definition) is 7. The molecule has 2 aliphatic heterocycles. The van der Waals surface area contributed by atoms with Gasteiger partial charge in [0.05, 0.1) is 19.1 Å². The third-order valence-electron chi connectivity index (χ3n) is 9.44. The van der Waals surface area contributed by atoms with E-state index in [0.717, 1.165) is 36.1 Å². The van der Waals surface area contributed by atoms with Crippen molar-refractivity contribution in [2.24, 2.45) is 16.8 Å². The molecule has 2 amide bonds. The van der Waals surface area contributed by atoms with Crippen LogP contribution in [0.15, 0.2) is 52.8 Å². The van der Waals surface area contributed by atoms with Crippen LogP contribution in [0.4, 0.5) is 0 Å². The molecule has 9 nitrogen and oxygen atoms in total. The van der Waals surface area contributed by atoms with E-state index in [1.54, 1.807) is 17.6 Å². The van der Waals surface area contributed by atoms with Crippen molar-refractivity contribution >= 4 is 44.8 Å². The molecule has 11 heteroatoms. The van der Waals surface area contributed by atoms with Gasteiger partial charge in [0.25, 0.3) is 6.02 Å². The van der Waals surface area contributed by atoms with E-state index in [-0.39, 0.29) is 29.9 Å². The Bertz CT molecular complexity index is 1410. The molecule has 5 rings (SSSR count). The van der Waals surface area contributed by atoms with Gasteiger partial charge in [0, 0.05) is 46.4 Å². The summed E-state index contributed by atoms with van der Waals surface area (Å²) in [6.45, 7) is 4.43. The van der Waals surface area contributed by atoms with Crippen molar-refractivity contribution in [2.45, 2.75) is 89.4 Å². The molecule has 2 N–H and O–H groups in total. The molecule has 46 heavy (non-hydrogen) atoms. The van der Waals surface area contributed by atoms with Gasteiger partial charge in [0.2, 0.25) is 11.8 Å². The first-order valence-electron chi connectivity index (χ1n) is 16.9. The zero-order valence-corrected chi connectivity index (χ0v) is 29.0. The van der Waals surface area contributed by atoms with E-state index >= 15 is 0 Å². The van der Waals surface area contributed by atoms with Crippen molar-refractivity contribution in [3.8, 4) is 0 Å². The minimum absolute atomic E-state index is 0.0536. The predicted molar refractivity (Wildman–Crippen MR) is 188 cm³/mol. The highest BCUT2D eigenvalue weighted by molar-refractivity contribution is 7.97. The first-order chi connectivity index (χ1) is 22.2. The minimum Gasteiger partial charge on any atom is -0.455 e. The summed E-state index contributed by atoms with van der Waals surface area (Å²) in [6, 6.07) is 13.9. The molecular formula is C35H51N5O4S2. The number of piperazine rings is 1. The van der Waals surface area contributed by atoms with Gasteiger partial charge in [0.15, 0.2) is 0 Å². The Morgan fingerprint density at radius 3 is 2.61 bits per heavy atom. The molecule has 1 saturated carbocycles. The second-order valence-electron chi connectivity index (χ2n) is 13.2. The molecule has 5 atom stereocenters. The molecular weight excluding hydrogens is 619 g/mol. The van der Waals surface area contributed by atoms with Crippen LogP contribution in [0, 0.1) is 11.8 Å². The van der Waals surface area contributed by atoms with Gasteiger partial charge in [-0.15, -0.1) is 11.3 Å². The first-order valence-corrected chi connectivity index (χ1v) is 19.9. The number of amidine groups is 1. The topological polar surface area (TPSA) is 103 Å². The SMILES string of the molecule is C=S(C)(=O)NCCCC[C@@H](CC1CCCCC1)C(=O)N1CCN(C2=N[C@@H](C)[C@@H](c3ccccc3)O2)C[C@H]1C(=O)NCc1cccs1. The highest BCUT2D eigenvalue weighted by Crippen LogP contribution is 2.34. The number of thiophene rings is 1. The summed E-state index contributed by atoms with van der Waals surface area (Å²) in [4.78, 5) is 38.2. The van der Waals surface area contributed by atoms with E-state index in [2.05, 4.69) is 35.0 Å². The smallest absolute Gasteiger partial charge is 0.288 e. The monoisotopic (exact) mass is 669 g/mol. The maximum Gasteiger partial charge on any atom is 0.288 e. The average Bonchev–Trinajstić information content (AvgIpc) is 3.72. The maximum absolute atomic E-state index is 14.5. The lowest BCUT2D eigenvalue weighted by Crippen LogP contribution is -2.62. The van der Waals surface area contributed by atoms with Gasteiger partial charge in [-0.2, -0.15) is 0 Å². The van der Waals surface area contributed by atoms with Crippen molar-refractivity contribution in [3.05, 3.63) is 58.3 Å². The fourth-order valence-corrected chi connectivity index (χ4v) is 8.21. The van der Waals surface area contributed by atoms with Crippen LogP contribution in [-0.4, -0.2) is 82.2 Å². The number of benzene rings is 1. The summed E-state index contributed by atoms with van der Waals surface area (Å²) in [6.07, 6.45) is 10.8. The summed E-state index contributed by atoms with van der Waals surface area (Å²) in [5.41, 5.74) is 1.07. The second-order valence-corrected chi connectivity index (χ2v) is 16.6. The number of carbonyl (C=O) groups excluding carboxylic acids is 2. The second kappa shape index (κ2) is 16.3. The van der Waals surface area contributed by atoms with Crippen LogP contribution < -0.4 is 10.0 Å². The van der Waals surface area contributed by atoms with E-state index in [1.807, 2.05) is 45.5 Å². The molecule has 1 saturated heterocycles. The molecule has 1 aromatic heterocycles. The van der Waals surface area contributed by atoms with Crippen LogP contribution in [0.5, 0.6) is 0 Å². The third kappa shape index (κ3) is 9.58. The summed E-state index contributed by atoms with van der Waals surface area (Å²) in [5.74, 6) is 4.01. The lowest BCUT2D eigenvalue weighted by Gasteiger charge is -2.42. The molecule has 1 aliphatic carbocycles. The van der Waals surface area contributed by atoms with Gasteiger partial charge in [-0.05, 0) is 55.0 Å². The minimum atomic E-state index is -2.25. The number of carbonyl (C=O) groups is 2. The van der Waals surface area contributed by atoms with Crippen molar-refractivity contribution in [2.75, 3.05) is 32.4 Å². The zero-order valence-electron chi connectivity index (χ0n) is 27.4. The zero-order chi connectivity index (χ0) is 32.5. The molecule has 0 bridgehead atoms. The van der Waals surface area contributed by atoms with E-state index in [1.165, 1.54) is 32.1 Å². The molecule has 2 fully saturated rings. The van der Waals surface area contributed by atoms with Crippen molar-refractivity contribution in [1.82, 2.24) is 19.8 Å². The van der Waals surface area contributed by atoms with Crippen LogP contribution in [0.3, 0.4) is 0 Å². The molecule has 252 valence electrons. The Balaban J connectivity index is 1.30. The Hall–Kier alpha value is -2.89. The summed E-state index contributed by atoms with van der Waals surface area (Å²) in [5, 5.41) is 5.12. The molecule has 1 aromatic carbocycles. The summed E-state index contributed by atoms with van der Waals surface area (Å²) >= 11 is 1.60. The quantitative estimate of drug-likeness (QED) is 0.231. The number of hydrogen-bond donors (Lipinski definition) is 2. The van der Waals surface area contributed by atoms with Crippen LogP contribution in [-0.2, 0) is 30.6 Å². The lowest BCUT2D eigenvalue weighted by molar-refractivity contribution is -0.147. The normalized spacial score (nSPS) is 24.1. The van der Waals surface area contributed by atoms with Gasteiger partial charge in [-0.25, -0.2) is 9.71 Å². The Kier molecular flexibility index (Phi) is 12.2. The number of aliphatic imine (C=N–C) groups is 1. The van der Waals surface area contributed by atoms with E-state index in [4.69, 9.17) is 9.73 Å². The van der Waals surface area contributed by atoms with Gasteiger partial charge in [-0.1, -0.05) is 74.9 Å². The van der Waals surface area contributed by atoms with Gasteiger partial charge < -0.3 is 19.9 Å². The molecule has 2 aromatic rings. The van der Waals surface area contributed by atoms with Gasteiger partial charge in [-0.3, -0.25) is 13.8 Å². The molecule has 1 unspecified atom stereocenters. The number of amides is 2. The Morgan fingerprint density at radius 2 is 1.89 bits per heavy atom. The van der Waals surface area contributed by atoms with E-state index in [9.17, 15) is 13.8 Å². The largest absolute Gasteiger partial charge is 0.455 e. The fraction of sp³-hybridized carbons (Fsp3) is 0.600. The number of nitrogens with one attached hydrogen (secondary N) is 2. The Labute approximate surface area is 279 Å².